The number of benzene rings is 2. The molecule has 26 heavy (non-hydrogen) atoms. The molecule has 6 nitrogen and oxygen atoms in total. The number of amides is 2. The molecule has 0 saturated heterocycles. The Kier molecular flexibility index (Phi) is 6.49. The fourth-order valence-corrected chi connectivity index (χ4v) is 2.61. The summed E-state index contributed by atoms with van der Waals surface area (Å²) in [5.74, 6) is -0.958. The minimum Gasteiger partial charge on any atom is -0.465 e. The Morgan fingerprint density at radius 2 is 1.81 bits per heavy atom. The van der Waals surface area contributed by atoms with Crippen molar-refractivity contribution in [3.8, 4) is 0 Å². The minimum absolute atomic E-state index is 0.210. The number of carbonyl (C=O) groups is 3. The molecular formula is C20H22N2O4. The summed E-state index contributed by atoms with van der Waals surface area (Å²) >= 11 is 0. The molecule has 0 atom stereocenters. The number of aryl methyl sites for hydroxylation is 1. The molecule has 0 aliphatic heterocycles. The summed E-state index contributed by atoms with van der Waals surface area (Å²) in [4.78, 5) is 37.7. The Balaban J connectivity index is 2.09. The lowest BCUT2D eigenvalue weighted by atomic mass is 10.1. The number of esters is 1. The Morgan fingerprint density at radius 3 is 2.46 bits per heavy atom. The quantitative estimate of drug-likeness (QED) is 0.809. The predicted octanol–water partition coefficient (Wildman–Crippen LogP) is 2.56. The molecule has 2 amide bonds. The highest BCUT2D eigenvalue weighted by Crippen LogP contribution is 2.21. The first-order chi connectivity index (χ1) is 12.4. The van der Waals surface area contributed by atoms with E-state index in [0.717, 1.165) is 5.56 Å². The summed E-state index contributed by atoms with van der Waals surface area (Å²) in [6.07, 6.45) is 0. The van der Waals surface area contributed by atoms with Gasteiger partial charge in [0.1, 0.15) is 0 Å². The van der Waals surface area contributed by atoms with Gasteiger partial charge in [-0.2, -0.15) is 0 Å². The average molecular weight is 354 g/mol. The number of carbonyl (C=O) groups excluding carboxylic acids is 3. The highest BCUT2D eigenvalue weighted by atomic mass is 16.5. The molecule has 0 bridgehead atoms. The molecule has 2 rings (SSSR count). The van der Waals surface area contributed by atoms with Crippen molar-refractivity contribution in [2.75, 3.05) is 25.1 Å². The van der Waals surface area contributed by atoms with Gasteiger partial charge in [0, 0.05) is 25.6 Å². The lowest BCUT2D eigenvalue weighted by Crippen LogP contribution is -2.38. The van der Waals surface area contributed by atoms with Gasteiger partial charge in [-0.3, -0.25) is 9.59 Å². The van der Waals surface area contributed by atoms with Crippen LogP contribution in [0.3, 0.4) is 0 Å². The van der Waals surface area contributed by atoms with E-state index in [2.05, 4.69) is 5.32 Å². The first kappa shape index (κ1) is 19.2. The van der Waals surface area contributed by atoms with Crippen LogP contribution < -0.4 is 10.2 Å². The molecule has 0 aliphatic rings. The van der Waals surface area contributed by atoms with Crippen LogP contribution in [0.2, 0.25) is 0 Å². The molecule has 0 unspecified atom stereocenters. The van der Waals surface area contributed by atoms with Gasteiger partial charge in [0.2, 0.25) is 5.91 Å². The van der Waals surface area contributed by atoms with Gasteiger partial charge in [0.25, 0.3) is 5.91 Å². The normalized spacial score (nSPS) is 10.1. The summed E-state index contributed by atoms with van der Waals surface area (Å²) in [5, 5.41) is 2.79. The van der Waals surface area contributed by atoms with Crippen LogP contribution in [-0.4, -0.2) is 38.0 Å². The van der Waals surface area contributed by atoms with Gasteiger partial charge < -0.3 is 15.0 Å². The Hall–Kier alpha value is -3.15. The average Bonchev–Trinajstić information content (AvgIpc) is 2.64. The second-order valence-corrected chi connectivity index (χ2v) is 5.80. The maximum Gasteiger partial charge on any atom is 0.339 e. The van der Waals surface area contributed by atoms with Crippen LogP contribution in [0, 0.1) is 6.92 Å². The Bertz CT molecular complexity index is 817. The fourth-order valence-electron chi connectivity index (χ4n) is 2.61. The summed E-state index contributed by atoms with van der Waals surface area (Å²) in [7, 11) is 1.29. The maximum absolute atomic E-state index is 12.2. The predicted molar refractivity (Wildman–Crippen MR) is 99.3 cm³/mol. The standard InChI is InChI=1S/C20H22N2O4/c1-14-7-6-8-16(13-14)19(24)21-11-12-22(15(2)23)18-10-5-4-9-17(18)20(25)26-3/h4-10,13H,11-12H2,1-3H3,(H,21,24). The highest BCUT2D eigenvalue weighted by Gasteiger charge is 2.19. The number of nitrogens with zero attached hydrogens (tertiary/aromatic N) is 1. The SMILES string of the molecule is COC(=O)c1ccccc1N(CCNC(=O)c1cccc(C)c1)C(C)=O. The Labute approximate surface area is 152 Å². The van der Waals surface area contributed by atoms with E-state index in [4.69, 9.17) is 4.74 Å². The number of ether oxygens (including phenoxy) is 1. The van der Waals surface area contributed by atoms with E-state index < -0.39 is 5.97 Å². The van der Waals surface area contributed by atoms with E-state index in [1.54, 1.807) is 36.4 Å². The number of rotatable bonds is 6. The fraction of sp³-hybridized carbons (Fsp3) is 0.250. The number of para-hydroxylation sites is 1. The molecule has 1 N–H and O–H groups in total. The van der Waals surface area contributed by atoms with E-state index in [0.29, 0.717) is 16.8 Å². The van der Waals surface area contributed by atoms with Crippen molar-refractivity contribution in [3.05, 3.63) is 65.2 Å². The number of anilines is 1. The van der Waals surface area contributed by atoms with E-state index in [1.807, 2.05) is 19.1 Å². The molecule has 0 aromatic heterocycles. The van der Waals surface area contributed by atoms with Gasteiger partial charge in [-0.1, -0.05) is 29.8 Å². The van der Waals surface area contributed by atoms with Crippen molar-refractivity contribution in [1.29, 1.82) is 0 Å². The van der Waals surface area contributed by atoms with Crippen molar-refractivity contribution in [2.24, 2.45) is 0 Å². The third kappa shape index (κ3) is 4.69. The summed E-state index contributed by atoms with van der Waals surface area (Å²) in [5.41, 5.74) is 2.32. The largest absolute Gasteiger partial charge is 0.465 e. The van der Waals surface area contributed by atoms with Crippen molar-refractivity contribution in [3.63, 3.8) is 0 Å². The molecule has 0 radical (unpaired) electrons. The second kappa shape index (κ2) is 8.80. The minimum atomic E-state index is -0.518. The van der Waals surface area contributed by atoms with Crippen LogP contribution in [-0.2, 0) is 9.53 Å². The van der Waals surface area contributed by atoms with Crippen molar-refractivity contribution >= 4 is 23.5 Å². The number of hydrogen-bond donors (Lipinski definition) is 1. The van der Waals surface area contributed by atoms with E-state index in [-0.39, 0.29) is 24.9 Å². The van der Waals surface area contributed by atoms with Crippen LogP contribution in [0.4, 0.5) is 5.69 Å². The molecule has 136 valence electrons. The molecule has 2 aromatic rings. The summed E-state index contributed by atoms with van der Waals surface area (Å²) < 4.78 is 4.77. The molecule has 0 spiro atoms. The van der Waals surface area contributed by atoms with E-state index in [9.17, 15) is 14.4 Å². The topological polar surface area (TPSA) is 75.7 Å². The van der Waals surface area contributed by atoms with Gasteiger partial charge in [-0.15, -0.1) is 0 Å². The van der Waals surface area contributed by atoms with Crippen molar-refractivity contribution < 1.29 is 19.1 Å². The molecule has 0 saturated carbocycles. The lowest BCUT2D eigenvalue weighted by Gasteiger charge is -2.23. The first-order valence-electron chi connectivity index (χ1n) is 8.24. The summed E-state index contributed by atoms with van der Waals surface area (Å²) in [6.45, 7) is 3.82. The van der Waals surface area contributed by atoms with Crippen molar-refractivity contribution in [1.82, 2.24) is 5.32 Å². The number of methoxy groups -OCH3 is 1. The van der Waals surface area contributed by atoms with Crippen LogP contribution in [0.25, 0.3) is 0 Å². The van der Waals surface area contributed by atoms with E-state index >= 15 is 0 Å². The van der Waals surface area contributed by atoms with Crippen LogP contribution in [0.5, 0.6) is 0 Å². The first-order valence-corrected chi connectivity index (χ1v) is 8.24. The van der Waals surface area contributed by atoms with Crippen LogP contribution in [0.15, 0.2) is 48.5 Å². The van der Waals surface area contributed by atoms with Crippen LogP contribution in [0.1, 0.15) is 33.2 Å². The van der Waals surface area contributed by atoms with E-state index in [1.165, 1.54) is 18.9 Å². The van der Waals surface area contributed by atoms with Gasteiger partial charge >= 0.3 is 5.97 Å². The molecule has 0 aliphatic carbocycles. The van der Waals surface area contributed by atoms with Gasteiger partial charge in [0.15, 0.2) is 0 Å². The Morgan fingerprint density at radius 1 is 1.08 bits per heavy atom. The van der Waals surface area contributed by atoms with Gasteiger partial charge in [-0.25, -0.2) is 4.79 Å². The van der Waals surface area contributed by atoms with Gasteiger partial charge in [-0.05, 0) is 31.2 Å². The zero-order valence-corrected chi connectivity index (χ0v) is 15.1. The molecule has 0 fully saturated rings. The molecular weight excluding hydrogens is 332 g/mol. The van der Waals surface area contributed by atoms with Crippen molar-refractivity contribution in [2.45, 2.75) is 13.8 Å². The molecule has 2 aromatic carbocycles. The number of hydrogen-bond acceptors (Lipinski definition) is 4. The number of nitrogens with one attached hydrogen (secondary N) is 1. The molecule has 0 heterocycles. The molecule has 6 heteroatoms. The maximum atomic E-state index is 12.2. The highest BCUT2D eigenvalue weighted by molar-refractivity contribution is 6.02. The van der Waals surface area contributed by atoms with Crippen LogP contribution >= 0.6 is 0 Å². The third-order valence-corrected chi connectivity index (χ3v) is 3.88. The zero-order chi connectivity index (χ0) is 19.1. The third-order valence-electron chi connectivity index (χ3n) is 3.88. The van der Waals surface area contributed by atoms with Gasteiger partial charge in [0.05, 0.1) is 18.4 Å². The smallest absolute Gasteiger partial charge is 0.339 e. The lowest BCUT2D eigenvalue weighted by molar-refractivity contribution is -0.116. The summed E-state index contributed by atoms with van der Waals surface area (Å²) in [6, 6.07) is 14.0. The zero-order valence-electron chi connectivity index (χ0n) is 15.1. The monoisotopic (exact) mass is 354 g/mol. The second-order valence-electron chi connectivity index (χ2n) is 5.80.